The molecule has 8 nitrogen and oxygen atoms in total. The molecule has 2 heterocycles. The Morgan fingerprint density at radius 3 is 2.24 bits per heavy atom. The number of aromatic nitrogens is 2. The molecular formula is C25H34N4O4. The van der Waals surface area contributed by atoms with E-state index < -0.39 is 5.60 Å². The van der Waals surface area contributed by atoms with Gasteiger partial charge in [-0.05, 0) is 76.5 Å². The molecule has 2 amide bonds. The van der Waals surface area contributed by atoms with Crippen LogP contribution in [0, 0.1) is 11.8 Å². The van der Waals surface area contributed by atoms with E-state index >= 15 is 0 Å². The van der Waals surface area contributed by atoms with E-state index in [4.69, 9.17) is 9.47 Å². The van der Waals surface area contributed by atoms with Gasteiger partial charge in [0.2, 0.25) is 5.88 Å². The van der Waals surface area contributed by atoms with E-state index in [1.54, 1.807) is 37.7 Å². The Hall–Kier alpha value is -3.16. The molecule has 178 valence electrons. The highest BCUT2D eigenvalue weighted by Crippen LogP contribution is 2.28. The summed E-state index contributed by atoms with van der Waals surface area (Å²) < 4.78 is 10.4. The smallest absolute Gasteiger partial charge is 0.407 e. The molecule has 1 aliphatic carbocycles. The predicted octanol–water partition coefficient (Wildman–Crippen LogP) is 4.21. The van der Waals surface area contributed by atoms with E-state index in [9.17, 15) is 9.59 Å². The molecule has 0 bridgehead atoms. The van der Waals surface area contributed by atoms with E-state index in [2.05, 4.69) is 20.6 Å². The van der Waals surface area contributed by atoms with Crippen LogP contribution in [0.3, 0.4) is 0 Å². The molecular weight excluding hydrogens is 420 g/mol. The van der Waals surface area contributed by atoms with Gasteiger partial charge in [0.05, 0.1) is 12.8 Å². The van der Waals surface area contributed by atoms with Crippen molar-refractivity contribution >= 4 is 12.0 Å². The van der Waals surface area contributed by atoms with Crippen LogP contribution in [0.15, 0.2) is 36.7 Å². The fourth-order valence-corrected chi connectivity index (χ4v) is 3.90. The van der Waals surface area contributed by atoms with Crippen LogP contribution in [0.2, 0.25) is 0 Å². The standard InChI is InChI=1S/C25H34N4O4/c1-25(2,3)33-24(31)29-15-18-7-5-17(6-8-18)14-28-23(30)19-11-12-26-21(13-19)20-9-10-22(32-4)27-16-20/h9-13,16-18H,5-8,14-15H2,1-4H3,(H,28,30)(H,29,31)/t17-,18-. The fraction of sp³-hybridized carbons (Fsp3) is 0.520. The number of amides is 2. The van der Waals surface area contributed by atoms with Gasteiger partial charge in [0.1, 0.15) is 5.60 Å². The Morgan fingerprint density at radius 2 is 1.67 bits per heavy atom. The third kappa shape index (κ3) is 7.73. The van der Waals surface area contributed by atoms with Crippen LogP contribution in [-0.2, 0) is 4.74 Å². The van der Waals surface area contributed by atoms with E-state index in [1.165, 1.54) is 0 Å². The fourth-order valence-electron chi connectivity index (χ4n) is 3.90. The molecule has 2 N–H and O–H groups in total. The predicted molar refractivity (Wildman–Crippen MR) is 126 cm³/mol. The van der Waals surface area contributed by atoms with Gasteiger partial charge in [0.25, 0.3) is 5.91 Å². The summed E-state index contributed by atoms with van der Waals surface area (Å²) in [5.41, 5.74) is 1.60. The van der Waals surface area contributed by atoms with Gasteiger partial charge >= 0.3 is 6.09 Å². The molecule has 0 saturated heterocycles. The Labute approximate surface area is 195 Å². The lowest BCUT2D eigenvalue weighted by molar-refractivity contribution is 0.0512. The van der Waals surface area contributed by atoms with Gasteiger partial charge in [-0.15, -0.1) is 0 Å². The second-order valence-electron chi connectivity index (χ2n) is 9.50. The average molecular weight is 455 g/mol. The molecule has 0 aliphatic heterocycles. The second kappa shape index (κ2) is 11.1. The number of carbonyl (C=O) groups excluding carboxylic acids is 2. The zero-order valence-electron chi connectivity index (χ0n) is 19.9. The molecule has 2 aromatic heterocycles. The van der Waals surface area contributed by atoms with Crippen LogP contribution in [0.1, 0.15) is 56.8 Å². The first-order chi connectivity index (χ1) is 15.7. The molecule has 0 unspecified atom stereocenters. The molecule has 8 heteroatoms. The number of alkyl carbamates (subject to hydrolysis) is 1. The van der Waals surface area contributed by atoms with Crippen molar-refractivity contribution in [3.05, 3.63) is 42.2 Å². The van der Waals surface area contributed by atoms with Crippen LogP contribution in [0.25, 0.3) is 11.3 Å². The van der Waals surface area contributed by atoms with Gasteiger partial charge in [0.15, 0.2) is 0 Å². The highest BCUT2D eigenvalue weighted by atomic mass is 16.6. The number of pyridine rings is 2. The van der Waals surface area contributed by atoms with E-state index in [0.29, 0.717) is 42.1 Å². The van der Waals surface area contributed by atoms with Gasteiger partial charge in [0, 0.05) is 42.7 Å². The molecule has 1 saturated carbocycles. The summed E-state index contributed by atoms with van der Waals surface area (Å²) in [6.45, 7) is 6.85. The lowest BCUT2D eigenvalue weighted by atomic mass is 9.82. The minimum absolute atomic E-state index is 0.103. The highest BCUT2D eigenvalue weighted by Gasteiger charge is 2.23. The van der Waals surface area contributed by atoms with Crippen molar-refractivity contribution in [1.82, 2.24) is 20.6 Å². The lowest BCUT2D eigenvalue weighted by Gasteiger charge is -2.29. The summed E-state index contributed by atoms with van der Waals surface area (Å²) >= 11 is 0. The molecule has 0 radical (unpaired) electrons. The van der Waals surface area contributed by atoms with Crippen molar-refractivity contribution in [2.45, 2.75) is 52.1 Å². The number of methoxy groups -OCH3 is 1. The van der Waals surface area contributed by atoms with Crippen LogP contribution in [-0.4, -0.2) is 47.8 Å². The number of hydrogen-bond donors (Lipinski definition) is 2. The summed E-state index contributed by atoms with van der Waals surface area (Å²) in [4.78, 5) is 33.1. The van der Waals surface area contributed by atoms with Crippen LogP contribution in [0.4, 0.5) is 4.79 Å². The van der Waals surface area contributed by atoms with Gasteiger partial charge in [-0.2, -0.15) is 0 Å². The molecule has 2 aromatic rings. The summed E-state index contributed by atoms with van der Waals surface area (Å²) in [5.74, 6) is 1.32. The summed E-state index contributed by atoms with van der Waals surface area (Å²) in [7, 11) is 1.57. The number of hydrogen-bond acceptors (Lipinski definition) is 6. The monoisotopic (exact) mass is 454 g/mol. The second-order valence-corrected chi connectivity index (χ2v) is 9.50. The first-order valence-electron chi connectivity index (χ1n) is 11.4. The Kier molecular flexibility index (Phi) is 8.25. The largest absolute Gasteiger partial charge is 0.481 e. The van der Waals surface area contributed by atoms with Gasteiger partial charge in [-0.1, -0.05) is 0 Å². The van der Waals surface area contributed by atoms with Crippen molar-refractivity contribution in [3.8, 4) is 17.1 Å². The topological polar surface area (TPSA) is 102 Å². The Bertz CT molecular complexity index is 932. The Morgan fingerprint density at radius 1 is 1.00 bits per heavy atom. The number of carbonyl (C=O) groups is 2. The maximum atomic E-state index is 12.7. The van der Waals surface area contributed by atoms with E-state index in [1.807, 2.05) is 26.8 Å². The molecule has 33 heavy (non-hydrogen) atoms. The van der Waals surface area contributed by atoms with Crippen LogP contribution >= 0.6 is 0 Å². The van der Waals surface area contributed by atoms with E-state index in [0.717, 1.165) is 31.2 Å². The van der Waals surface area contributed by atoms with Crippen LogP contribution < -0.4 is 15.4 Å². The van der Waals surface area contributed by atoms with Gasteiger partial charge < -0.3 is 20.1 Å². The quantitative estimate of drug-likeness (QED) is 0.650. The normalized spacial score (nSPS) is 18.3. The zero-order chi connectivity index (χ0) is 23.8. The van der Waals surface area contributed by atoms with E-state index in [-0.39, 0.29) is 12.0 Å². The molecule has 0 atom stereocenters. The summed E-state index contributed by atoms with van der Waals surface area (Å²) in [6, 6.07) is 7.13. The van der Waals surface area contributed by atoms with Crippen molar-refractivity contribution in [2.24, 2.45) is 11.8 Å². The first kappa shape index (κ1) is 24.5. The third-order valence-electron chi connectivity index (χ3n) is 5.71. The van der Waals surface area contributed by atoms with Crippen molar-refractivity contribution in [1.29, 1.82) is 0 Å². The number of ether oxygens (including phenoxy) is 2. The van der Waals surface area contributed by atoms with Crippen molar-refractivity contribution < 1.29 is 19.1 Å². The third-order valence-corrected chi connectivity index (χ3v) is 5.71. The summed E-state index contributed by atoms with van der Waals surface area (Å²) in [5, 5.41) is 5.94. The summed E-state index contributed by atoms with van der Waals surface area (Å²) in [6.07, 6.45) is 7.07. The zero-order valence-corrected chi connectivity index (χ0v) is 19.9. The van der Waals surface area contributed by atoms with Crippen LogP contribution in [0.5, 0.6) is 5.88 Å². The average Bonchev–Trinajstić information content (AvgIpc) is 2.81. The molecule has 0 spiro atoms. The van der Waals surface area contributed by atoms with Gasteiger partial charge in [-0.25, -0.2) is 9.78 Å². The highest BCUT2D eigenvalue weighted by molar-refractivity contribution is 5.95. The molecule has 1 aliphatic rings. The molecule has 3 rings (SSSR count). The maximum absolute atomic E-state index is 12.7. The molecule has 0 aromatic carbocycles. The van der Waals surface area contributed by atoms with Crippen molar-refractivity contribution in [3.63, 3.8) is 0 Å². The van der Waals surface area contributed by atoms with Crippen molar-refractivity contribution in [2.75, 3.05) is 20.2 Å². The first-order valence-corrected chi connectivity index (χ1v) is 11.4. The number of rotatable bonds is 7. The lowest BCUT2D eigenvalue weighted by Crippen LogP contribution is -2.37. The maximum Gasteiger partial charge on any atom is 0.407 e. The van der Waals surface area contributed by atoms with Gasteiger partial charge in [-0.3, -0.25) is 9.78 Å². The minimum atomic E-state index is -0.485. The number of nitrogens with one attached hydrogen (secondary N) is 2. The SMILES string of the molecule is COc1ccc(-c2cc(C(=O)NC[C@H]3CC[C@H](CNC(=O)OC(C)(C)C)CC3)ccn2)cn1. The Balaban J connectivity index is 1.43. The number of nitrogens with zero attached hydrogens (tertiary/aromatic N) is 2. The minimum Gasteiger partial charge on any atom is -0.481 e. The molecule has 1 fully saturated rings.